The van der Waals surface area contributed by atoms with Crippen LogP contribution in [0, 0.1) is 53.3 Å². The minimum atomic E-state index is -1.24. The first-order chi connectivity index (χ1) is 18.9. The Morgan fingerprint density at radius 1 is 0.590 bits per heavy atom. The quantitative estimate of drug-likeness (QED) is 0.211. The third kappa shape index (κ3) is 8.65. The van der Waals surface area contributed by atoms with Crippen LogP contribution < -0.4 is 0 Å². The lowest BCUT2D eigenvalue weighted by atomic mass is 9.63. The van der Waals surface area contributed by atoms with Crippen molar-refractivity contribution in [1.29, 1.82) is 0 Å². The van der Waals surface area contributed by atoms with Gasteiger partial charge in [-0.15, -0.1) is 0 Å². The molecule has 4 saturated carbocycles. The summed E-state index contributed by atoms with van der Waals surface area (Å²) in [5.74, 6) is 3.70. The zero-order valence-electron chi connectivity index (χ0n) is 25.9. The number of hydrogen-bond donors (Lipinski definition) is 0. The molecule has 0 spiro atoms. The highest BCUT2D eigenvalue weighted by Gasteiger charge is 2.46. The molecule has 4 rings (SSSR count). The average Bonchev–Trinajstić information content (AvgIpc) is 2.94. The van der Waals surface area contributed by atoms with Gasteiger partial charge in [0.05, 0.1) is 0 Å². The fourth-order valence-corrected chi connectivity index (χ4v) is 9.93. The molecule has 0 radical (unpaired) electrons. The Kier molecular flexibility index (Phi) is 12.9. The highest BCUT2D eigenvalue weighted by atomic mass is 19.2. The van der Waals surface area contributed by atoms with Crippen molar-refractivity contribution in [2.75, 3.05) is 0 Å². The monoisotopic (exact) mass is 552 g/mol. The molecular weight excluding hydrogens is 489 g/mol. The second kappa shape index (κ2) is 15.9. The minimum absolute atomic E-state index is 0.0261. The van der Waals surface area contributed by atoms with Gasteiger partial charge in [0.25, 0.3) is 0 Å². The van der Waals surface area contributed by atoms with Crippen LogP contribution >= 0.6 is 0 Å². The summed E-state index contributed by atoms with van der Waals surface area (Å²) >= 11 is 0. The zero-order valence-corrected chi connectivity index (χ0v) is 25.9. The van der Waals surface area contributed by atoms with Gasteiger partial charge in [-0.2, -0.15) is 0 Å². The van der Waals surface area contributed by atoms with E-state index in [1.54, 1.807) is 0 Å². The van der Waals surface area contributed by atoms with Crippen molar-refractivity contribution in [2.24, 2.45) is 53.3 Å². The molecule has 228 valence electrons. The van der Waals surface area contributed by atoms with Crippen LogP contribution in [0.25, 0.3) is 0 Å². The second-order valence-electron chi connectivity index (χ2n) is 15.1. The first-order valence-corrected chi connectivity index (χ1v) is 17.8. The molecule has 0 aromatic heterocycles. The van der Waals surface area contributed by atoms with Crippen LogP contribution in [0.3, 0.4) is 0 Å². The molecule has 39 heavy (non-hydrogen) atoms. The Balaban J connectivity index is 1.16. The fraction of sp³-hybridized carbons (Fsp3) is 1.00. The van der Waals surface area contributed by atoms with E-state index >= 15 is 13.2 Å². The Morgan fingerprint density at radius 3 is 1.72 bits per heavy atom. The highest BCUT2D eigenvalue weighted by molar-refractivity contribution is 4.95. The van der Waals surface area contributed by atoms with Crippen molar-refractivity contribution in [2.45, 2.75) is 174 Å². The predicted molar refractivity (Wildman–Crippen MR) is 160 cm³/mol. The molecule has 4 fully saturated rings. The maximum absolute atomic E-state index is 15.6. The van der Waals surface area contributed by atoms with Crippen molar-refractivity contribution in [3.8, 4) is 0 Å². The molecule has 0 saturated heterocycles. The first-order valence-electron chi connectivity index (χ1n) is 17.8. The van der Waals surface area contributed by atoms with Gasteiger partial charge in [-0.1, -0.05) is 85.0 Å². The van der Waals surface area contributed by atoms with Gasteiger partial charge >= 0.3 is 0 Å². The molecule has 0 heterocycles. The van der Waals surface area contributed by atoms with E-state index in [0.29, 0.717) is 35.5 Å². The number of hydrogen-bond acceptors (Lipinski definition) is 0. The molecule has 0 aliphatic heterocycles. The van der Waals surface area contributed by atoms with E-state index in [1.165, 1.54) is 77.0 Å². The molecule has 8 unspecified atom stereocenters. The molecule has 3 heteroatoms. The maximum atomic E-state index is 15.6. The summed E-state index contributed by atoms with van der Waals surface area (Å²) in [4.78, 5) is 0. The Hall–Kier alpha value is -0.210. The normalized spacial score (nSPS) is 42.8. The van der Waals surface area contributed by atoms with E-state index in [2.05, 4.69) is 20.8 Å². The van der Waals surface area contributed by atoms with E-state index in [4.69, 9.17) is 0 Å². The molecule has 0 N–H and O–H groups in total. The largest absolute Gasteiger partial charge is 0.247 e. The zero-order chi connectivity index (χ0) is 27.8. The molecule has 0 aromatic rings. The molecule has 0 amide bonds. The summed E-state index contributed by atoms with van der Waals surface area (Å²) in [7, 11) is 0. The van der Waals surface area contributed by atoms with Gasteiger partial charge in [0.1, 0.15) is 18.5 Å². The minimum Gasteiger partial charge on any atom is -0.247 e. The summed E-state index contributed by atoms with van der Waals surface area (Å²) in [5.41, 5.74) is 0. The number of alkyl halides is 3. The summed E-state index contributed by atoms with van der Waals surface area (Å²) < 4.78 is 46.0. The van der Waals surface area contributed by atoms with Gasteiger partial charge in [-0.3, -0.25) is 0 Å². The SMILES string of the molecule is CCCCCCC1CCC(C(C)CC2CCC(C3CCC(C4CCC(CCC)CC4)C(F)C3F)CC2)CC1F. The molecular formula is C36H63F3. The lowest BCUT2D eigenvalue weighted by molar-refractivity contribution is -0.0376. The summed E-state index contributed by atoms with van der Waals surface area (Å²) in [6.45, 7) is 6.86. The van der Waals surface area contributed by atoms with Crippen molar-refractivity contribution in [3.05, 3.63) is 0 Å². The number of halogens is 3. The van der Waals surface area contributed by atoms with Crippen LogP contribution in [0.5, 0.6) is 0 Å². The Morgan fingerprint density at radius 2 is 1.18 bits per heavy atom. The van der Waals surface area contributed by atoms with Crippen LogP contribution in [0.2, 0.25) is 0 Å². The standard InChI is InChI=1S/C36H63F3/c1-4-6-7-8-10-30-19-20-31(24-34(30)37)25(3)23-27-13-17-29(18-14-27)33-22-21-32(35(38)36(33)39)28-15-11-26(9-5-2)12-16-28/h25-36H,4-24H2,1-3H3. The van der Waals surface area contributed by atoms with E-state index < -0.39 is 18.5 Å². The molecule has 0 nitrogen and oxygen atoms in total. The fourth-order valence-electron chi connectivity index (χ4n) is 9.93. The van der Waals surface area contributed by atoms with Crippen LogP contribution in [-0.2, 0) is 0 Å². The van der Waals surface area contributed by atoms with Crippen LogP contribution in [0.15, 0.2) is 0 Å². The molecule has 0 aromatic carbocycles. The smallest absolute Gasteiger partial charge is 0.134 e. The van der Waals surface area contributed by atoms with Crippen LogP contribution in [0.4, 0.5) is 13.2 Å². The first kappa shape index (κ1) is 31.7. The molecule has 4 aliphatic rings. The van der Waals surface area contributed by atoms with E-state index in [9.17, 15) is 0 Å². The van der Waals surface area contributed by atoms with Crippen molar-refractivity contribution < 1.29 is 13.2 Å². The van der Waals surface area contributed by atoms with E-state index in [1.807, 2.05) is 0 Å². The molecule has 8 atom stereocenters. The third-order valence-electron chi connectivity index (χ3n) is 12.5. The van der Waals surface area contributed by atoms with Crippen LogP contribution in [0.1, 0.15) is 156 Å². The molecule has 0 bridgehead atoms. The van der Waals surface area contributed by atoms with Crippen molar-refractivity contribution in [1.82, 2.24) is 0 Å². The molecule has 4 aliphatic carbocycles. The lowest BCUT2D eigenvalue weighted by Gasteiger charge is -2.45. The van der Waals surface area contributed by atoms with Gasteiger partial charge in [-0.05, 0) is 124 Å². The Labute approximate surface area is 240 Å². The lowest BCUT2D eigenvalue weighted by Crippen LogP contribution is -2.45. The topological polar surface area (TPSA) is 0 Å². The average molecular weight is 553 g/mol. The summed E-state index contributed by atoms with van der Waals surface area (Å²) in [6.07, 6.45) is 20.9. The number of rotatable bonds is 12. The van der Waals surface area contributed by atoms with E-state index in [-0.39, 0.29) is 11.8 Å². The van der Waals surface area contributed by atoms with Crippen molar-refractivity contribution >= 4 is 0 Å². The van der Waals surface area contributed by atoms with Gasteiger partial charge in [-0.25, -0.2) is 13.2 Å². The van der Waals surface area contributed by atoms with Gasteiger partial charge in [0, 0.05) is 0 Å². The second-order valence-corrected chi connectivity index (χ2v) is 15.1. The summed E-state index contributed by atoms with van der Waals surface area (Å²) in [6, 6.07) is 0. The summed E-state index contributed by atoms with van der Waals surface area (Å²) in [5, 5.41) is 0. The maximum Gasteiger partial charge on any atom is 0.134 e. The predicted octanol–water partition coefficient (Wildman–Crippen LogP) is 11.9. The van der Waals surface area contributed by atoms with Gasteiger partial charge < -0.3 is 0 Å². The van der Waals surface area contributed by atoms with Gasteiger partial charge in [0.15, 0.2) is 0 Å². The Bertz CT molecular complexity index is 664. The third-order valence-corrected chi connectivity index (χ3v) is 12.5. The van der Waals surface area contributed by atoms with Crippen molar-refractivity contribution in [3.63, 3.8) is 0 Å². The van der Waals surface area contributed by atoms with Crippen LogP contribution in [-0.4, -0.2) is 18.5 Å². The number of unbranched alkanes of at least 4 members (excludes halogenated alkanes) is 3. The van der Waals surface area contributed by atoms with Gasteiger partial charge in [0.2, 0.25) is 0 Å². The van der Waals surface area contributed by atoms with E-state index in [0.717, 1.165) is 63.7 Å². The highest BCUT2D eigenvalue weighted by Crippen LogP contribution is 2.49.